The van der Waals surface area contributed by atoms with Gasteiger partial charge in [0.25, 0.3) is 5.56 Å². The lowest BCUT2D eigenvalue weighted by atomic mass is 10.1. The van der Waals surface area contributed by atoms with Crippen molar-refractivity contribution in [3.8, 4) is 0 Å². The summed E-state index contributed by atoms with van der Waals surface area (Å²) < 4.78 is 3.15. The Balaban J connectivity index is 1.34. The number of aryl methyl sites for hydroxylation is 2. The molecular weight excluding hydrogens is 426 g/mol. The number of anilines is 1. The van der Waals surface area contributed by atoms with Crippen molar-refractivity contribution in [1.29, 1.82) is 0 Å². The molecule has 0 bridgehead atoms. The summed E-state index contributed by atoms with van der Waals surface area (Å²) in [7, 11) is 1.87. The maximum absolute atomic E-state index is 13.1. The van der Waals surface area contributed by atoms with Crippen molar-refractivity contribution in [3.63, 3.8) is 0 Å². The number of fused-ring (bicyclic) bond motifs is 3. The molecule has 0 N–H and O–H groups in total. The molecule has 1 fully saturated rings. The number of amides is 1. The molecule has 0 radical (unpaired) electrons. The average molecular weight is 450 g/mol. The number of piperazine rings is 1. The third kappa shape index (κ3) is 3.42. The number of halogens is 1. The summed E-state index contributed by atoms with van der Waals surface area (Å²) in [5, 5.41) is 6.81. The lowest BCUT2D eigenvalue weighted by Crippen LogP contribution is -2.50. The van der Waals surface area contributed by atoms with Crippen LogP contribution in [0.15, 0.2) is 53.5 Å². The summed E-state index contributed by atoms with van der Waals surface area (Å²) in [5.41, 5.74) is 3.55. The Bertz CT molecular complexity index is 1400. The van der Waals surface area contributed by atoms with Crippen LogP contribution in [0.3, 0.4) is 0 Å². The molecule has 1 aliphatic rings. The van der Waals surface area contributed by atoms with Gasteiger partial charge in [-0.1, -0.05) is 35.9 Å². The molecule has 0 unspecified atom stereocenters. The molecule has 4 aromatic rings. The number of rotatable bonds is 3. The molecule has 1 saturated heterocycles. The van der Waals surface area contributed by atoms with Gasteiger partial charge >= 0.3 is 0 Å². The Labute approximate surface area is 190 Å². The fourth-order valence-corrected chi connectivity index (χ4v) is 4.74. The van der Waals surface area contributed by atoms with Gasteiger partial charge in [-0.25, -0.2) is 4.68 Å². The van der Waals surface area contributed by atoms with Gasteiger partial charge in [0.1, 0.15) is 12.1 Å². The highest BCUT2D eigenvalue weighted by Gasteiger charge is 2.23. The minimum atomic E-state index is -0.247. The standard InChI is InChI=1S/C24H24ClN5O2/c1-16-7-8-17(25)13-21(16)28-9-11-29(12-10-28)22(31)15-30-24(32)23-19(14-26-30)18-5-3-4-6-20(18)27(23)2/h3-8,13-14H,9-12,15H2,1-2H3. The molecule has 1 amide bonds. The van der Waals surface area contributed by atoms with Crippen molar-refractivity contribution in [2.45, 2.75) is 13.5 Å². The van der Waals surface area contributed by atoms with Crippen LogP contribution in [0.5, 0.6) is 0 Å². The molecule has 5 rings (SSSR count). The van der Waals surface area contributed by atoms with Crippen molar-refractivity contribution in [2.24, 2.45) is 7.05 Å². The fraction of sp³-hybridized carbons (Fsp3) is 0.292. The van der Waals surface area contributed by atoms with Crippen LogP contribution in [-0.2, 0) is 18.4 Å². The SMILES string of the molecule is Cc1ccc(Cl)cc1N1CCN(C(=O)Cn2ncc3c4ccccc4n(C)c3c2=O)CC1. The number of aromatic nitrogens is 3. The van der Waals surface area contributed by atoms with Crippen molar-refractivity contribution >= 4 is 45.0 Å². The van der Waals surface area contributed by atoms with Crippen LogP contribution in [0.1, 0.15) is 5.56 Å². The molecular formula is C24H24ClN5O2. The molecule has 164 valence electrons. The molecule has 7 nitrogen and oxygen atoms in total. The van der Waals surface area contributed by atoms with Gasteiger partial charge < -0.3 is 14.4 Å². The summed E-state index contributed by atoms with van der Waals surface area (Å²) in [6.45, 7) is 4.62. The number of nitrogens with zero attached hydrogens (tertiary/aromatic N) is 5. The number of benzene rings is 2. The van der Waals surface area contributed by atoms with Gasteiger partial charge in [-0.15, -0.1) is 0 Å². The zero-order valence-electron chi connectivity index (χ0n) is 18.1. The van der Waals surface area contributed by atoms with E-state index in [-0.39, 0.29) is 18.0 Å². The summed E-state index contributed by atoms with van der Waals surface area (Å²) in [6, 6.07) is 13.7. The Kier molecular flexibility index (Phi) is 5.13. The number of hydrogen-bond acceptors (Lipinski definition) is 4. The lowest BCUT2D eigenvalue weighted by Gasteiger charge is -2.37. The minimum Gasteiger partial charge on any atom is -0.368 e. The second kappa shape index (κ2) is 7.98. The highest BCUT2D eigenvalue weighted by atomic mass is 35.5. The van der Waals surface area contributed by atoms with Gasteiger partial charge in [0.05, 0.1) is 6.20 Å². The van der Waals surface area contributed by atoms with E-state index in [0.29, 0.717) is 23.6 Å². The smallest absolute Gasteiger partial charge is 0.291 e. The number of para-hydroxylation sites is 1. The van der Waals surface area contributed by atoms with Gasteiger partial charge in [-0.05, 0) is 30.7 Å². The Morgan fingerprint density at radius 2 is 1.81 bits per heavy atom. The molecule has 2 aromatic carbocycles. The zero-order chi connectivity index (χ0) is 22.4. The van der Waals surface area contributed by atoms with Crippen molar-refractivity contribution in [2.75, 3.05) is 31.1 Å². The van der Waals surface area contributed by atoms with Crippen LogP contribution in [0, 0.1) is 6.92 Å². The lowest BCUT2D eigenvalue weighted by molar-refractivity contribution is -0.132. The van der Waals surface area contributed by atoms with Crippen LogP contribution >= 0.6 is 11.6 Å². The van der Waals surface area contributed by atoms with Crippen molar-refractivity contribution < 1.29 is 4.79 Å². The summed E-state index contributed by atoms with van der Waals surface area (Å²) >= 11 is 6.17. The topological polar surface area (TPSA) is 63.4 Å². The zero-order valence-corrected chi connectivity index (χ0v) is 18.8. The van der Waals surface area contributed by atoms with E-state index >= 15 is 0 Å². The molecule has 2 aromatic heterocycles. The van der Waals surface area contributed by atoms with E-state index in [4.69, 9.17) is 11.6 Å². The van der Waals surface area contributed by atoms with Gasteiger partial charge in [0.15, 0.2) is 0 Å². The van der Waals surface area contributed by atoms with E-state index < -0.39 is 0 Å². The molecule has 1 aliphatic heterocycles. The van der Waals surface area contributed by atoms with Crippen LogP contribution in [-0.4, -0.2) is 51.3 Å². The molecule has 0 saturated carbocycles. The van der Waals surface area contributed by atoms with Crippen LogP contribution in [0.25, 0.3) is 21.8 Å². The van der Waals surface area contributed by atoms with Gasteiger partial charge in [0, 0.05) is 60.2 Å². The Morgan fingerprint density at radius 1 is 1.06 bits per heavy atom. The third-order valence-corrected chi connectivity index (χ3v) is 6.57. The van der Waals surface area contributed by atoms with E-state index in [9.17, 15) is 9.59 Å². The van der Waals surface area contributed by atoms with Crippen molar-refractivity contribution in [3.05, 3.63) is 69.6 Å². The van der Waals surface area contributed by atoms with Gasteiger partial charge in [-0.2, -0.15) is 5.10 Å². The van der Waals surface area contributed by atoms with E-state index in [2.05, 4.69) is 16.9 Å². The quantitative estimate of drug-likeness (QED) is 0.482. The largest absolute Gasteiger partial charge is 0.368 e. The average Bonchev–Trinajstić information content (AvgIpc) is 3.10. The summed E-state index contributed by atoms with van der Waals surface area (Å²) in [6.07, 6.45) is 1.69. The molecule has 0 atom stereocenters. The maximum Gasteiger partial charge on any atom is 0.291 e. The second-order valence-electron chi connectivity index (χ2n) is 8.24. The second-order valence-corrected chi connectivity index (χ2v) is 8.68. The Morgan fingerprint density at radius 3 is 2.59 bits per heavy atom. The first kappa shape index (κ1) is 20.6. The summed E-state index contributed by atoms with van der Waals surface area (Å²) in [5.74, 6) is -0.0971. The molecule has 32 heavy (non-hydrogen) atoms. The predicted molar refractivity (Wildman–Crippen MR) is 127 cm³/mol. The van der Waals surface area contributed by atoms with Crippen molar-refractivity contribution in [1.82, 2.24) is 19.2 Å². The summed E-state index contributed by atoms with van der Waals surface area (Å²) in [4.78, 5) is 30.1. The highest BCUT2D eigenvalue weighted by Crippen LogP contribution is 2.26. The van der Waals surface area contributed by atoms with E-state index in [1.807, 2.05) is 54.1 Å². The first-order valence-corrected chi connectivity index (χ1v) is 11.0. The number of hydrogen-bond donors (Lipinski definition) is 0. The first-order chi connectivity index (χ1) is 15.4. The Hall–Kier alpha value is -3.32. The fourth-order valence-electron chi connectivity index (χ4n) is 4.57. The van der Waals surface area contributed by atoms with Crippen LogP contribution in [0.2, 0.25) is 5.02 Å². The van der Waals surface area contributed by atoms with Gasteiger partial charge in [-0.3, -0.25) is 9.59 Å². The van der Waals surface area contributed by atoms with Crippen LogP contribution in [0.4, 0.5) is 5.69 Å². The van der Waals surface area contributed by atoms with Crippen LogP contribution < -0.4 is 10.5 Å². The van der Waals surface area contributed by atoms with E-state index in [1.54, 1.807) is 11.1 Å². The highest BCUT2D eigenvalue weighted by molar-refractivity contribution is 6.30. The number of carbonyl (C=O) groups excluding carboxylic acids is 1. The number of carbonyl (C=O) groups is 1. The first-order valence-electron chi connectivity index (χ1n) is 10.7. The molecule has 3 heterocycles. The monoisotopic (exact) mass is 449 g/mol. The molecule has 8 heteroatoms. The normalized spacial score (nSPS) is 14.5. The predicted octanol–water partition coefficient (Wildman–Crippen LogP) is 3.20. The molecule has 0 aliphatic carbocycles. The third-order valence-electron chi connectivity index (χ3n) is 6.34. The minimum absolute atomic E-state index is 0.0630. The maximum atomic E-state index is 13.1. The molecule has 0 spiro atoms. The van der Waals surface area contributed by atoms with Gasteiger partial charge in [0.2, 0.25) is 5.91 Å². The van der Waals surface area contributed by atoms with E-state index in [1.165, 1.54) is 4.68 Å². The van der Waals surface area contributed by atoms with E-state index in [0.717, 1.165) is 40.6 Å².